The molecule has 0 bridgehead atoms. The van der Waals surface area contributed by atoms with Gasteiger partial charge in [-0.2, -0.15) is 0 Å². The number of likely N-dealkylation sites (N-methyl/N-ethyl adjacent to an activating group) is 1. The minimum Gasteiger partial charge on any atom is -0.485 e. The van der Waals surface area contributed by atoms with Crippen LogP contribution in [0.15, 0.2) is 22.7 Å². The van der Waals surface area contributed by atoms with Crippen molar-refractivity contribution < 1.29 is 24.0 Å². The summed E-state index contributed by atoms with van der Waals surface area (Å²) in [5.41, 5.74) is 2.36. The molecule has 3 amide bonds. The van der Waals surface area contributed by atoms with Gasteiger partial charge in [0.25, 0.3) is 5.91 Å². The normalized spacial score (nSPS) is 18.9. The lowest BCUT2D eigenvalue weighted by molar-refractivity contribution is 0.0372. The molecule has 2 heterocycles. The fourth-order valence-electron chi connectivity index (χ4n) is 4.01. The zero-order valence-corrected chi connectivity index (χ0v) is 21.0. The number of carbonyl (C=O) groups is 2. The van der Waals surface area contributed by atoms with Crippen LogP contribution in [0.1, 0.15) is 35.7 Å². The van der Waals surface area contributed by atoms with Crippen molar-refractivity contribution in [3.05, 3.63) is 35.2 Å². The van der Waals surface area contributed by atoms with E-state index in [-0.39, 0.29) is 37.0 Å². The molecule has 10 nitrogen and oxygen atoms in total. The number of aliphatic hydroxyl groups is 1. The molecule has 0 saturated carbocycles. The van der Waals surface area contributed by atoms with Gasteiger partial charge in [0, 0.05) is 33.6 Å². The smallest absolute Gasteiger partial charge is 0.321 e. The fourth-order valence-corrected chi connectivity index (χ4v) is 4.01. The van der Waals surface area contributed by atoms with Gasteiger partial charge in [-0.3, -0.25) is 4.79 Å². The first kappa shape index (κ1) is 25.4. The van der Waals surface area contributed by atoms with E-state index in [9.17, 15) is 14.7 Å². The number of carbonyl (C=O) groups excluding carboxylic acids is 2. The molecule has 10 heteroatoms. The zero-order valence-electron chi connectivity index (χ0n) is 21.0. The van der Waals surface area contributed by atoms with Crippen molar-refractivity contribution in [2.75, 3.05) is 51.1 Å². The van der Waals surface area contributed by atoms with Gasteiger partial charge in [0.05, 0.1) is 30.4 Å². The maximum Gasteiger partial charge on any atom is 0.321 e. The molecule has 1 aliphatic heterocycles. The summed E-state index contributed by atoms with van der Waals surface area (Å²) in [6.45, 7) is 7.83. The van der Waals surface area contributed by atoms with E-state index < -0.39 is 6.10 Å². The molecule has 0 aliphatic carbocycles. The topological polar surface area (TPSA) is 111 Å². The minimum atomic E-state index is -0.401. The van der Waals surface area contributed by atoms with Crippen LogP contribution in [-0.4, -0.2) is 85.0 Å². The van der Waals surface area contributed by atoms with E-state index in [0.29, 0.717) is 35.0 Å². The number of benzene rings is 1. The molecule has 2 N–H and O–H groups in total. The van der Waals surface area contributed by atoms with Crippen molar-refractivity contribution in [1.29, 1.82) is 0 Å². The van der Waals surface area contributed by atoms with Crippen molar-refractivity contribution in [3.8, 4) is 5.75 Å². The number of nitrogens with one attached hydrogen (secondary N) is 1. The molecule has 0 saturated heterocycles. The van der Waals surface area contributed by atoms with Gasteiger partial charge >= 0.3 is 6.03 Å². The first-order chi connectivity index (χ1) is 16.0. The first-order valence-electron chi connectivity index (χ1n) is 11.4. The lowest BCUT2D eigenvalue weighted by Gasteiger charge is -2.39. The van der Waals surface area contributed by atoms with Crippen LogP contribution in [0.3, 0.4) is 0 Å². The van der Waals surface area contributed by atoms with E-state index >= 15 is 0 Å². The van der Waals surface area contributed by atoms with Gasteiger partial charge in [0.1, 0.15) is 17.5 Å². The number of rotatable bonds is 6. The molecule has 2 aromatic rings. The van der Waals surface area contributed by atoms with Gasteiger partial charge in [0.2, 0.25) is 0 Å². The van der Waals surface area contributed by atoms with Crippen LogP contribution in [0, 0.1) is 19.8 Å². The molecule has 1 aromatic carbocycles. The molecule has 0 unspecified atom stereocenters. The summed E-state index contributed by atoms with van der Waals surface area (Å²) in [5, 5.41) is 16.5. The van der Waals surface area contributed by atoms with Gasteiger partial charge in [-0.15, -0.1) is 0 Å². The van der Waals surface area contributed by atoms with Gasteiger partial charge in [-0.25, -0.2) is 4.79 Å². The third-order valence-corrected chi connectivity index (χ3v) is 6.22. The van der Waals surface area contributed by atoms with Crippen molar-refractivity contribution in [2.45, 2.75) is 39.8 Å². The number of anilines is 2. The lowest BCUT2D eigenvalue weighted by atomic mass is 9.99. The largest absolute Gasteiger partial charge is 0.485 e. The first-order valence-corrected chi connectivity index (χ1v) is 11.4. The Morgan fingerprint density at radius 3 is 2.62 bits per heavy atom. The van der Waals surface area contributed by atoms with Crippen molar-refractivity contribution >= 4 is 23.3 Å². The fraction of sp³-hybridized carbons (Fsp3) is 0.542. The number of hydrogen-bond donors (Lipinski definition) is 2. The molecule has 34 heavy (non-hydrogen) atoms. The Labute approximate surface area is 200 Å². The van der Waals surface area contributed by atoms with E-state index in [0.717, 1.165) is 5.69 Å². The SMILES string of the molecule is Cc1noc(C)c1NC(=O)N(C)C[C@@H]1Oc2c(cccc2N(C)C)C(=O)N([C@H](C)CO)C[C@@H]1C. The second-order valence-electron chi connectivity index (χ2n) is 9.18. The predicted octanol–water partition coefficient (Wildman–Crippen LogP) is 2.74. The second kappa shape index (κ2) is 10.3. The Kier molecular flexibility index (Phi) is 7.71. The van der Waals surface area contributed by atoms with E-state index in [1.54, 1.807) is 36.8 Å². The van der Waals surface area contributed by atoms with Crippen LogP contribution in [0.5, 0.6) is 5.75 Å². The van der Waals surface area contributed by atoms with E-state index in [1.807, 2.05) is 45.0 Å². The number of aliphatic hydroxyl groups excluding tert-OH is 1. The molecule has 1 aromatic heterocycles. The Balaban J connectivity index is 1.92. The summed E-state index contributed by atoms with van der Waals surface area (Å²) in [5.74, 6) is 0.709. The van der Waals surface area contributed by atoms with Gasteiger partial charge < -0.3 is 34.4 Å². The third-order valence-electron chi connectivity index (χ3n) is 6.22. The van der Waals surface area contributed by atoms with Gasteiger partial charge in [0.15, 0.2) is 11.5 Å². The average Bonchev–Trinajstić information content (AvgIpc) is 3.12. The molecule has 1 aliphatic rings. The number of para-hydroxylation sites is 1. The van der Waals surface area contributed by atoms with Gasteiger partial charge in [-0.05, 0) is 32.9 Å². The number of aryl methyl sites for hydroxylation is 2. The van der Waals surface area contributed by atoms with Crippen LogP contribution in [-0.2, 0) is 0 Å². The molecule has 186 valence electrons. The maximum absolute atomic E-state index is 13.4. The number of ether oxygens (including phenoxy) is 1. The van der Waals surface area contributed by atoms with Crippen molar-refractivity contribution in [2.24, 2.45) is 5.92 Å². The monoisotopic (exact) mass is 473 g/mol. The number of urea groups is 1. The molecular weight excluding hydrogens is 438 g/mol. The Hall–Kier alpha value is -3.27. The van der Waals surface area contributed by atoms with Crippen LogP contribution in [0.25, 0.3) is 0 Å². The number of aromatic nitrogens is 1. The van der Waals surface area contributed by atoms with E-state index in [2.05, 4.69) is 10.5 Å². The highest BCUT2D eigenvalue weighted by Gasteiger charge is 2.35. The number of nitrogens with zero attached hydrogens (tertiary/aromatic N) is 4. The molecule has 3 atom stereocenters. The molecule has 3 rings (SSSR count). The van der Waals surface area contributed by atoms with Crippen LogP contribution < -0.4 is 15.0 Å². The Morgan fingerprint density at radius 2 is 2.03 bits per heavy atom. The standard InChI is InChI=1S/C24H35N5O5/c1-14-11-29(15(2)13-30)23(31)18-9-8-10-19(27(5)6)22(18)33-20(14)12-28(7)24(32)25-21-16(3)26-34-17(21)4/h8-10,14-15,20,30H,11-13H2,1-7H3,(H,25,32)/t14-,15+,20-/m0/s1. The molecular formula is C24H35N5O5. The summed E-state index contributed by atoms with van der Waals surface area (Å²) < 4.78 is 11.6. The summed E-state index contributed by atoms with van der Waals surface area (Å²) >= 11 is 0. The number of fused-ring (bicyclic) bond motifs is 1. The van der Waals surface area contributed by atoms with E-state index in [4.69, 9.17) is 9.26 Å². The Morgan fingerprint density at radius 1 is 1.32 bits per heavy atom. The predicted molar refractivity (Wildman–Crippen MR) is 130 cm³/mol. The average molecular weight is 474 g/mol. The summed E-state index contributed by atoms with van der Waals surface area (Å²) in [6, 6.07) is 4.78. The quantitative estimate of drug-likeness (QED) is 0.664. The number of hydrogen-bond acceptors (Lipinski definition) is 7. The third kappa shape index (κ3) is 5.11. The highest BCUT2D eigenvalue weighted by atomic mass is 16.5. The summed E-state index contributed by atoms with van der Waals surface area (Å²) in [4.78, 5) is 31.5. The molecule has 0 radical (unpaired) electrons. The van der Waals surface area contributed by atoms with Crippen LogP contribution in [0.4, 0.5) is 16.2 Å². The highest BCUT2D eigenvalue weighted by Crippen LogP contribution is 2.36. The summed E-state index contributed by atoms with van der Waals surface area (Å²) in [6.07, 6.45) is -0.401. The van der Waals surface area contributed by atoms with Crippen molar-refractivity contribution in [3.63, 3.8) is 0 Å². The summed E-state index contributed by atoms with van der Waals surface area (Å²) in [7, 11) is 5.47. The van der Waals surface area contributed by atoms with Crippen LogP contribution in [0.2, 0.25) is 0 Å². The lowest BCUT2D eigenvalue weighted by Crippen LogP contribution is -2.50. The van der Waals surface area contributed by atoms with Crippen molar-refractivity contribution in [1.82, 2.24) is 15.0 Å². The highest BCUT2D eigenvalue weighted by molar-refractivity contribution is 5.99. The van der Waals surface area contributed by atoms with Gasteiger partial charge in [-0.1, -0.05) is 18.1 Å². The maximum atomic E-state index is 13.4. The Bertz CT molecular complexity index is 1020. The molecule has 0 spiro atoms. The van der Waals surface area contributed by atoms with Crippen LogP contribution >= 0.6 is 0 Å². The number of amides is 3. The van der Waals surface area contributed by atoms with E-state index in [1.165, 1.54) is 0 Å². The molecule has 0 fully saturated rings. The zero-order chi connectivity index (χ0) is 25.2. The minimum absolute atomic E-state index is 0.115. The second-order valence-corrected chi connectivity index (χ2v) is 9.18.